The third-order valence-electron chi connectivity index (χ3n) is 3.36. The van der Waals surface area contributed by atoms with Gasteiger partial charge in [0.25, 0.3) is 0 Å². The molecule has 0 atom stereocenters. The predicted molar refractivity (Wildman–Crippen MR) is 103 cm³/mol. The summed E-state index contributed by atoms with van der Waals surface area (Å²) in [4.78, 5) is 0. The standard InChI is InChI=1S/C19H24ClNO2.ClH/c1-4-22-19-11-15(12-21-14(2)3)9-10-18(19)23-13-16-7-5-6-8-17(16)20;/h5-11,14,21H,4,12-13H2,1-3H3;1H. The highest BCUT2D eigenvalue weighted by Gasteiger charge is 2.08. The van der Waals surface area contributed by atoms with Crippen molar-refractivity contribution in [3.8, 4) is 11.5 Å². The molecule has 24 heavy (non-hydrogen) atoms. The zero-order valence-corrected chi connectivity index (χ0v) is 15.9. The molecule has 0 aliphatic rings. The number of nitrogens with one attached hydrogen (secondary N) is 1. The third-order valence-corrected chi connectivity index (χ3v) is 3.73. The van der Waals surface area contributed by atoms with Crippen LogP contribution in [0.15, 0.2) is 42.5 Å². The molecule has 0 saturated heterocycles. The first-order valence-electron chi connectivity index (χ1n) is 7.95. The van der Waals surface area contributed by atoms with Crippen molar-refractivity contribution in [1.29, 1.82) is 0 Å². The van der Waals surface area contributed by atoms with Gasteiger partial charge in [-0.1, -0.05) is 49.7 Å². The summed E-state index contributed by atoms with van der Waals surface area (Å²) < 4.78 is 11.6. The summed E-state index contributed by atoms with van der Waals surface area (Å²) in [7, 11) is 0. The van der Waals surface area contributed by atoms with Gasteiger partial charge in [-0.3, -0.25) is 0 Å². The molecule has 2 aromatic carbocycles. The Morgan fingerprint density at radius 3 is 2.46 bits per heavy atom. The first-order valence-corrected chi connectivity index (χ1v) is 8.33. The van der Waals surface area contributed by atoms with Crippen LogP contribution >= 0.6 is 24.0 Å². The van der Waals surface area contributed by atoms with Gasteiger partial charge in [-0.15, -0.1) is 12.4 Å². The molecule has 0 amide bonds. The molecular formula is C19H25Cl2NO2. The number of rotatable bonds is 8. The molecule has 0 fully saturated rings. The zero-order valence-electron chi connectivity index (χ0n) is 14.3. The van der Waals surface area contributed by atoms with Crippen molar-refractivity contribution in [2.45, 2.75) is 40.0 Å². The lowest BCUT2D eigenvalue weighted by Crippen LogP contribution is -2.21. The second kappa shape index (κ2) is 10.4. The molecule has 2 aromatic rings. The number of hydrogen-bond acceptors (Lipinski definition) is 3. The molecule has 0 unspecified atom stereocenters. The summed E-state index contributed by atoms with van der Waals surface area (Å²) in [5.74, 6) is 1.50. The Bertz CT molecular complexity index is 633. The molecule has 0 spiro atoms. The molecule has 0 aliphatic carbocycles. The summed E-state index contributed by atoms with van der Waals surface area (Å²) >= 11 is 6.17. The molecule has 0 heterocycles. The van der Waals surface area contributed by atoms with Crippen molar-refractivity contribution in [3.63, 3.8) is 0 Å². The van der Waals surface area contributed by atoms with E-state index in [-0.39, 0.29) is 12.4 Å². The molecular weight excluding hydrogens is 345 g/mol. The topological polar surface area (TPSA) is 30.5 Å². The van der Waals surface area contributed by atoms with Crippen LogP contribution < -0.4 is 14.8 Å². The van der Waals surface area contributed by atoms with Gasteiger partial charge >= 0.3 is 0 Å². The Hall–Kier alpha value is -1.42. The fourth-order valence-electron chi connectivity index (χ4n) is 2.14. The highest BCUT2D eigenvalue weighted by molar-refractivity contribution is 6.31. The molecule has 1 N–H and O–H groups in total. The molecule has 0 aliphatic heterocycles. The highest BCUT2D eigenvalue weighted by atomic mass is 35.5. The van der Waals surface area contributed by atoms with Gasteiger partial charge in [0.15, 0.2) is 11.5 Å². The lowest BCUT2D eigenvalue weighted by molar-refractivity contribution is 0.269. The van der Waals surface area contributed by atoms with Crippen LogP contribution in [-0.2, 0) is 13.2 Å². The maximum Gasteiger partial charge on any atom is 0.161 e. The Kier molecular flexibility index (Phi) is 8.98. The van der Waals surface area contributed by atoms with E-state index in [2.05, 4.69) is 25.2 Å². The summed E-state index contributed by atoms with van der Waals surface area (Å²) in [5.41, 5.74) is 2.13. The first kappa shape index (κ1) is 20.6. The lowest BCUT2D eigenvalue weighted by atomic mass is 10.2. The van der Waals surface area contributed by atoms with Gasteiger partial charge in [-0.25, -0.2) is 0 Å². The van der Waals surface area contributed by atoms with E-state index in [0.717, 1.165) is 23.6 Å². The van der Waals surface area contributed by atoms with E-state index < -0.39 is 0 Å². The molecule has 3 nitrogen and oxygen atoms in total. The second-order valence-electron chi connectivity index (χ2n) is 5.63. The van der Waals surface area contributed by atoms with Crippen LogP contribution in [0.1, 0.15) is 31.9 Å². The van der Waals surface area contributed by atoms with Crippen molar-refractivity contribution in [3.05, 3.63) is 58.6 Å². The van der Waals surface area contributed by atoms with Crippen molar-refractivity contribution in [1.82, 2.24) is 5.32 Å². The van der Waals surface area contributed by atoms with Gasteiger partial charge in [-0.2, -0.15) is 0 Å². The summed E-state index contributed by atoms with van der Waals surface area (Å²) in [5, 5.41) is 4.11. The maximum atomic E-state index is 6.17. The van der Waals surface area contributed by atoms with E-state index >= 15 is 0 Å². The monoisotopic (exact) mass is 369 g/mol. The number of hydrogen-bond donors (Lipinski definition) is 1. The van der Waals surface area contributed by atoms with Crippen molar-refractivity contribution < 1.29 is 9.47 Å². The van der Waals surface area contributed by atoms with Gasteiger partial charge in [-0.05, 0) is 30.7 Å². The number of halogens is 2. The molecule has 0 saturated carbocycles. The van der Waals surface area contributed by atoms with Crippen LogP contribution in [0.5, 0.6) is 11.5 Å². The average molecular weight is 370 g/mol. The fraction of sp³-hybridized carbons (Fsp3) is 0.368. The molecule has 0 bridgehead atoms. The quantitative estimate of drug-likeness (QED) is 0.690. The Morgan fingerprint density at radius 1 is 1.04 bits per heavy atom. The van der Waals surface area contributed by atoms with Gasteiger partial charge in [0.05, 0.1) is 6.61 Å². The van der Waals surface area contributed by atoms with E-state index in [1.807, 2.05) is 43.3 Å². The van der Waals surface area contributed by atoms with E-state index in [1.54, 1.807) is 0 Å². The smallest absolute Gasteiger partial charge is 0.161 e. The first-order chi connectivity index (χ1) is 11.1. The minimum atomic E-state index is 0. The molecule has 0 radical (unpaired) electrons. The maximum absolute atomic E-state index is 6.17. The van der Waals surface area contributed by atoms with E-state index in [1.165, 1.54) is 5.56 Å². The SMILES string of the molecule is CCOc1cc(CNC(C)C)ccc1OCc1ccccc1Cl.Cl. The van der Waals surface area contributed by atoms with Crippen molar-refractivity contribution in [2.75, 3.05) is 6.61 Å². The van der Waals surface area contributed by atoms with Crippen molar-refractivity contribution >= 4 is 24.0 Å². The Morgan fingerprint density at radius 2 is 1.79 bits per heavy atom. The highest BCUT2D eigenvalue weighted by Crippen LogP contribution is 2.30. The van der Waals surface area contributed by atoms with E-state index in [9.17, 15) is 0 Å². The average Bonchev–Trinajstić information content (AvgIpc) is 2.53. The zero-order chi connectivity index (χ0) is 16.7. The largest absolute Gasteiger partial charge is 0.490 e. The summed E-state index contributed by atoms with van der Waals surface area (Å²) in [6.07, 6.45) is 0. The fourth-order valence-corrected chi connectivity index (χ4v) is 2.33. The number of benzene rings is 2. The second-order valence-corrected chi connectivity index (χ2v) is 6.04. The predicted octanol–water partition coefficient (Wildman–Crippen LogP) is 5.24. The minimum absolute atomic E-state index is 0. The molecule has 0 aromatic heterocycles. The van der Waals surface area contributed by atoms with E-state index in [0.29, 0.717) is 24.3 Å². The van der Waals surface area contributed by atoms with Gasteiger partial charge in [0.2, 0.25) is 0 Å². The van der Waals surface area contributed by atoms with Crippen LogP contribution in [-0.4, -0.2) is 12.6 Å². The van der Waals surface area contributed by atoms with Crippen LogP contribution in [0, 0.1) is 0 Å². The molecule has 132 valence electrons. The number of ether oxygens (including phenoxy) is 2. The van der Waals surface area contributed by atoms with Gasteiger partial charge in [0.1, 0.15) is 6.61 Å². The Labute approximate surface area is 155 Å². The minimum Gasteiger partial charge on any atom is -0.490 e. The summed E-state index contributed by atoms with van der Waals surface area (Å²) in [6.45, 7) is 8.06. The van der Waals surface area contributed by atoms with Crippen LogP contribution in [0.2, 0.25) is 5.02 Å². The van der Waals surface area contributed by atoms with E-state index in [4.69, 9.17) is 21.1 Å². The van der Waals surface area contributed by atoms with Crippen LogP contribution in [0.25, 0.3) is 0 Å². The normalized spacial score (nSPS) is 10.4. The third kappa shape index (κ3) is 6.23. The van der Waals surface area contributed by atoms with Crippen molar-refractivity contribution in [2.24, 2.45) is 0 Å². The van der Waals surface area contributed by atoms with Crippen LogP contribution in [0.4, 0.5) is 0 Å². The van der Waals surface area contributed by atoms with Gasteiger partial charge < -0.3 is 14.8 Å². The van der Waals surface area contributed by atoms with Gasteiger partial charge in [0, 0.05) is 23.2 Å². The Balaban J connectivity index is 0.00000288. The summed E-state index contributed by atoms with van der Waals surface area (Å²) in [6, 6.07) is 14.2. The lowest BCUT2D eigenvalue weighted by Gasteiger charge is -2.15. The molecule has 5 heteroatoms. The van der Waals surface area contributed by atoms with Crippen LogP contribution in [0.3, 0.4) is 0 Å². The molecule has 2 rings (SSSR count).